The number of ether oxygens (including phenoxy) is 2. The van der Waals surface area contributed by atoms with Crippen molar-refractivity contribution < 1.29 is 14.3 Å². The van der Waals surface area contributed by atoms with Gasteiger partial charge in [-0.1, -0.05) is 17.7 Å². The first-order chi connectivity index (χ1) is 12.4. The molecule has 0 fully saturated rings. The molecule has 0 bridgehead atoms. The minimum Gasteiger partial charge on any atom is -0.497 e. The zero-order chi connectivity index (χ0) is 19.3. The molecule has 0 radical (unpaired) electrons. The SMILES string of the molecule is COc1cc(/C=C(/C#N)C(=O)Nc2c(C)cc(C)cc2C)cc(OC)c1. The van der Waals surface area contributed by atoms with Crippen molar-refractivity contribution in [3.63, 3.8) is 0 Å². The molecule has 26 heavy (non-hydrogen) atoms. The number of methoxy groups -OCH3 is 2. The summed E-state index contributed by atoms with van der Waals surface area (Å²) < 4.78 is 10.4. The number of hydrogen-bond donors (Lipinski definition) is 1. The highest BCUT2D eigenvalue weighted by atomic mass is 16.5. The number of nitrogens with one attached hydrogen (secondary N) is 1. The van der Waals surface area contributed by atoms with Gasteiger partial charge in [0, 0.05) is 11.8 Å². The number of benzene rings is 2. The second-order valence-electron chi connectivity index (χ2n) is 6.04. The fourth-order valence-corrected chi connectivity index (χ4v) is 2.79. The number of aryl methyl sites for hydroxylation is 3. The van der Waals surface area contributed by atoms with Gasteiger partial charge in [0.15, 0.2) is 0 Å². The van der Waals surface area contributed by atoms with E-state index in [0.29, 0.717) is 17.1 Å². The van der Waals surface area contributed by atoms with Gasteiger partial charge in [-0.2, -0.15) is 5.26 Å². The summed E-state index contributed by atoms with van der Waals surface area (Å²) in [5.41, 5.74) is 4.40. The third-order valence-electron chi connectivity index (χ3n) is 3.97. The molecule has 0 aliphatic carbocycles. The van der Waals surface area contributed by atoms with E-state index in [1.54, 1.807) is 32.4 Å². The van der Waals surface area contributed by atoms with Crippen LogP contribution in [-0.2, 0) is 4.79 Å². The van der Waals surface area contributed by atoms with Gasteiger partial charge >= 0.3 is 0 Å². The molecule has 2 aromatic rings. The van der Waals surface area contributed by atoms with Crippen molar-refractivity contribution in [2.45, 2.75) is 20.8 Å². The van der Waals surface area contributed by atoms with Crippen LogP contribution >= 0.6 is 0 Å². The predicted molar refractivity (Wildman–Crippen MR) is 102 cm³/mol. The number of hydrogen-bond acceptors (Lipinski definition) is 4. The van der Waals surface area contributed by atoms with Crippen LogP contribution in [0.2, 0.25) is 0 Å². The van der Waals surface area contributed by atoms with E-state index in [2.05, 4.69) is 5.32 Å². The molecule has 5 nitrogen and oxygen atoms in total. The van der Waals surface area contributed by atoms with Gasteiger partial charge in [-0.25, -0.2) is 0 Å². The average Bonchev–Trinajstić information content (AvgIpc) is 2.61. The van der Waals surface area contributed by atoms with Crippen molar-refractivity contribution in [1.82, 2.24) is 0 Å². The summed E-state index contributed by atoms with van der Waals surface area (Å²) in [6.45, 7) is 5.86. The van der Waals surface area contributed by atoms with Crippen LogP contribution < -0.4 is 14.8 Å². The predicted octanol–water partition coefficient (Wildman–Crippen LogP) is 4.17. The Morgan fingerprint density at radius 3 is 2.00 bits per heavy atom. The fraction of sp³-hybridized carbons (Fsp3) is 0.238. The van der Waals surface area contributed by atoms with Crippen LogP contribution in [0.3, 0.4) is 0 Å². The van der Waals surface area contributed by atoms with E-state index in [9.17, 15) is 10.1 Å². The largest absolute Gasteiger partial charge is 0.497 e. The van der Waals surface area contributed by atoms with E-state index in [1.807, 2.05) is 39.0 Å². The summed E-state index contributed by atoms with van der Waals surface area (Å²) in [4.78, 5) is 12.6. The first-order valence-electron chi connectivity index (χ1n) is 8.12. The molecule has 1 amide bonds. The number of amides is 1. The van der Waals surface area contributed by atoms with Gasteiger partial charge in [0.25, 0.3) is 5.91 Å². The maximum atomic E-state index is 12.6. The Hall–Kier alpha value is -3.26. The highest BCUT2D eigenvalue weighted by Crippen LogP contribution is 2.25. The molecule has 0 saturated carbocycles. The fourth-order valence-electron chi connectivity index (χ4n) is 2.79. The van der Waals surface area contributed by atoms with Gasteiger partial charge in [-0.05, 0) is 55.7 Å². The van der Waals surface area contributed by atoms with E-state index in [4.69, 9.17) is 9.47 Å². The highest BCUT2D eigenvalue weighted by Gasteiger charge is 2.13. The number of carbonyl (C=O) groups excluding carboxylic acids is 1. The Labute approximate surface area is 153 Å². The minimum absolute atomic E-state index is 0.000295. The number of anilines is 1. The lowest BCUT2D eigenvalue weighted by atomic mass is 10.0. The maximum Gasteiger partial charge on any atom is 0.266 e. The molecule has 0 spiro atoms. The lowest BCUT2D eigenvalue weighted by Crippen LogP contribution is -2.15. The summed E-state index contributed by atoms with van der Waals surface area (Å²) in [5.74, 6) is 0.710. The van der Waals surface area contributed by atoms with E-state index >= 15 is 0 Å². The van der Waals surface area contributed by atoms with Crippen molar-refractivity contribution in [2.75, 3.05) is 19.5 Å². The smallest absolute Gasteiger partial charge is 0.266 e. The molecule has 0 heterocycles. The van der Waals surface area contributed by atoms with Crippen LogP contribution in [0.25, 0.3) is 6.08 Å². The van der Waals surface area contributed by atoms with E-state index < -0.39 is 5.91 Å². The van der Waals surface area contributed by atoms with Crippen molar-refractivity contribution in [3.05, 3.63) is 58.2 Å². The summed E-state index contributed by atoms with van der Waals surface area (Å²) in [7, 11) is 3.09. The Kier molecular flexibility index (Phi) is 6.03. The summed E-state index contributed by atoms with van der Waals surface area (Å²) in [5, 5.41) is 12.3. The lowest BCUT2D eigenvalue weighted by molar-refractivity contribution is -0.112. The molecule has 2 rings (SSSR count). The van der Waals surface area contributed by atoms with Crippen molar-refractivity contribution >= 4 is 17.7 Å². The first kappa shape index (κ1) is 19.1. The molecule has 0 atom stereocenters. The third-order valence-corrected chi connectivity index (χ3v) is 3.97. The van der Waals surface area contributed by atoms with Gasteiger partial charge in [-0.3, -0.25) is 4.79 Å². The number of carbonyl (C=O) groups is 1. The molecule has 5 heteroatoms. The van der Waals surface area contributed by atoms with Gasteiger partial charge in [0.05, 0.1) is 14.2 Å². The van der Waals surface area contributed by atoms with Crippen LogP contribution in [0.5, 0.6) is 11.5 Å². The van der Waals surface area contributed by atoms with Gasteiger partial charge < -0.3 is 14.8 Å². The molecular formula is C21H22N2O3. The molecule has 134 valence electrons. The molecule has 0 aromatic heterocycles. The zero-order valence-electron chi connectivity index (χ0n) is 15.6. The second-order valence-corrected chi connectivity index (χ2v) is 6.04. The van der Waals surface area contributed by atoms with Crippen molar-refractivity contribution in [3.8, 4) is 17.6 Å². The quantitative estimate of drug-likeness (QED) is 0.649. The Morgan fingerprint density at radius 2 is 1.54 bits per heavy atom. The topological polar surface area (TPSA) is 71.3 Å². The number of nitrogens with zero attached hydrogens (tertiary/aromatic N) is 1. The average molecular weight is 350 g/mol. The van der Waals surface area contributed by atoms with Crippen LogP contribution in [-0.4, -0.2) is 20.1 Å². The molecule has 2 aromatic carbocycles. The van der Waals surface area contributed by atoms with Crippen LogP contribution in [0.15, 0.2) is 35.9 Å². The van der Waals surface area contributed by atoms with E-state index in [-0.39, 0.29) is 5.57 Å². The molecule has 1 N–H and O–H groups in total. The molecular weight excluding hydrogens is 328 g/mol. The molecule has 0 saturated heterocycles. The van der Waals surface area contributed by atoms with Gasteiger partial charge in [0.2, 0.25) is 0 Å². The number of rotatable bonds is 5. The third kappa shape index (κ3) is 4.42. The van der Waals surface area contributed by atoms with Gasteiger partial charge in [-0.15, -0.1) is 0 Å². The Balaban J connectivity index is 2.35. The van der Waals surface area contributed by atoms with Gasteiger partial charge in [0.1, 0.15) is 23.1 Å². The molecule has 0 unspecified atom stereocenters. The summed E-state index contributed by atoms with van der Waals surface area (Å²) in [6.07, 6.45) is 1.51. The summed E-state index contributed by atoms with van der Waals surface area (Å²) in [6, 6.07) is 11.1. The van der Waals surface area contributed by atoms with E-state index in [0.717, 1.165) is 22.4 Å². The van der Waals surface area contributed by atoms with Crippen molar-refractivity contribution in [1.29, 1.82) is 5.26 Å². The maximum absolute atomic E-state index is 12.6. The number of nitriles is 1. The van der Waals surface area contributed by atoms with Crippen LogP contribution in [0, 0.1) is 32.1 Å². The minimum atomic E-state index is -0.454. The zero-order valence-corrected chi connectivity index (χ0v) is 15.6. The van der Waals surface area contributed by atoms with E-state index in [1.165, 1.54) is 6.08 Å². The van der Waals surface area contributed by atoms with Crippen LogP contribution in [0.1, 0.15) is 22.3 Å². The normalized spacial score (nSPS) is 10.8. The standard InChI is InChI=1S/C21H22N2O3/c1-13-6-14(2)20(15(3)7-13)23-21(24)17(12-22)8-16-9-18(25-4)11-19(10-16)26-5/h6-11H,1-5H3,(H,23,24)/b17-8-. The molecule has 0 aliphatic rings. The lowest BCUT2D eigenvalue weighted by Gasteiger charge is -2.12. The highest BCUT2D eigenvalue weighted by molar-refractivity contribution is 6.10. The van der Waals surface area contributed by atoms with Crippen LogP contribution in [0.4, 0.5) is 5.69 Å². The summed E-state index contributed by atoms with van der Waals surface area (Å²) >= 11 is 0. The van der Waals surface area contributed by atoms with Crippen molar-refractivity contribution in [2.24, 2.45) is 0 Å². The first-order valence-corrected chi connectivity index (χ1v) is 8.12. The molecule has 0 aliphatic heterocycles. The second kappa shape index (κ2) is 8.21. The Bertz CT molecular complexity index is 863. The Morgan fingerprint density at radius 1 is 1.00 bits per heavy atom. The monoisotopic (exact) mass is 350 g/mol.